The van der Waals surface area contributed by atoms with Gasteiger partial charge in [0.05, 0.1) is 18.1 Å². The van der Waals surface area contributed by atoms with Gasteiger partial charge in [0.1, 0.15) is 18.1 Å². The fourth-order valence-corrected chi connectivity index (χ4v) is 3.04. The maximum atomic E-state index is 12.7. The number of carbonyl (C=O) groups is 2. The van der Waals surface area contributed by atoms with Gasteiger partial charge in [-0.05, 0) is 24.3 Å². The van der Waals surface area contributed by atoms with Crippen molar-refractivity contribution in [2.24, 2.45) is 5.92 Å². The van der Waals surface area contributed by atoms with E-state index in [2.05, 4.69) is 15.6 Å². The van der Waals surface area contributed by atoms with Gasteiger partial charge in [-0.25, -0.2) is 4.98 Å². The van der Waals surface area contributed by atoms with E-state index in [1.807, 2.05) is 60.9 Å². The zero-order chi connectivity index (χ0) is 20.8. The van der Waals surface area contributed by atoms with Gasteiger partial charge in [0.15, 0.2) is 0 Å². The highest BCUT2D eigenvalue weighted by Gasteiger charge is 2.14. The van der Waals surface area contributed by atoms with Gasteiger partial charge >= 0.3 is 0 Å². The number of amides is 2. The normalized spacial score (nSPS) is 10.9. The molecule has 0 aliphatic rings. The highest BCUT2D eigenvalue weighted by Crippen LogP contribution is 2.19. The molecule has 1 aromatic heterocycles. The molecule has 0 bridgehead atoms. The number of hydrogen-bond donors (Lipinski definition) is 2. The third-order valence-corrected chi connectivity index (χ3v) is 4.56. The average molecular weight is 394 g/mol. The van der Waals surface area contributed by atoms with Gasteiger partial charge in [0.2, 0.25) is 11.8 Å². The van der Waals surface area contributed by atoms with Crippen molar-refractivity contribution in [3.05, 3.63) is 54.4 Å². The number of anilines is 1. The van der Waals surface area contributed by atoms with E-state index in [-0.39, 0.29) is 24.3 Å². The summed E-state index contributed by atoms with van der Waals surface area (Å²) in [5.41, 5.74) is 2.38. The first-order chi connectivity index (χ1) is 14.0. The molecule has 0 aliphatic carbocycles. The highest BCUT2D eigenvalue weighted by atomic mass is 16.5. The predicted molar refractivity (Wildman–Crippen MR) is 113 cm³/mol. The van der Waals surface area contributed by atoms with E-state index in [9.17, 15) is 9.59 Å². The molecule has 3 rings (SSSR count). The first-order valence-corrected chi connectivity index (χ1v) is 9.63. The number of ether oxygens (including phenoxy) is 1. The number of nitrogens with zero attached hydrogens (tertiary/aromatic N) is 2. The van der Waals surface area contributed by atoms with Gasteiger partial charge in [-0.2, -0.15) is 0 Å². The number of nitrogens with one attached hydrogen (secondary N) is 2. The van der Waals surface area contributed by atoms with E-state index in [0.29, 0.717) is 24.4 Å². The first-order valence-electron chi connectivity index (χ1n) is 9.63. The molecule has 2 aromatic carbocycles. The standard InChI is InChI=1S/C22H26N4O3/c1-15(2)22(28)23-12-11-20-25-18-9-4-5-10-19(18)26(20)14-21(27)24-16-7-6-8-17(13-16)29-3/h4-10,13,15H,11-12,14H2,1-3H3,(H,23,28)(H,24,27). The van der Waals surface area contributed by atoms with Crippen molar-refractivity contribution >= 4 is 28.5 Å². The Balaban J connectivity index is 1.76. The van der Waals surface area contributed by atoms with Crippen LogP contribution < -0.4 is 15.4 Å². The predicted octanol–water partition coefficient (Wildman–Crippen LogP) is 3.00. The summed E-state index contributed by atoms with van der Waals surface area (Å²) in [6.45, 7) is 4.31. The lowest BCUT2D eigenvalue weighted by Gasteiger charge is -2.12. The SMILES string of the molecule is COc1cccc(NC(=O)Cn2c(CCNC(=O)C(C)C)nc3ccccc32)c1. The summed E-state index contributed by atoms with van der Waals surface area (Å²) in [4.78, 5) is 29.1. The zero-order valence-corrected chi connectivity index (χ0v) is 16.9. The molecule has 0 atom stereocenters. The smallest absolute Gasteiger partial charge is 0.244 e. The summed E-state index contributed by atoms with van der Waals surface area (Å²) >= 11 is 0. The van der Waals surface area contributed by atoms with Crippen LogP contribution in [0.25, 0.3) is 11.0 Å². The summed E-state index contributed by atoms with van der Waals surface area (Å²) in [5.74, 6) is 1.22. The minimum Gasteiger partial charge on any atom is -0.497 e. The van der Waals surface area contributed by atoms with Crippen LogP contribution in [0.4, 0.5) is 5.69 Å². The van der Waals surface area contributed by atoms with Gasteiger partial charge in [-0.15, -0.1) is 0 Å². The molecule has 0 fully saturated rings. The Morgan fingerprint density at radius 2 is 1.93 bits per heavy atom. The Morgan fingerprint density at radius 3 is 2.69 bits per heavy atom. The molecule has 0 spiro atoms. The first kappa shape index (κ1) is 20.4. The molecule has 7 heteroatoms. The second-order valence-electron chi connectivity index (χ2n) is 7.08. The molecule has 152 valence electrons. The lowest BCUT2D eigenvalue weighted by atomic mass is 10.2. The molecule has 0 saturated heterocycles. The quantitative estimate of drug-likeness (QED) is 0.615. The van der Waals surface area contributed by atoms with Crippen molar-refractivity contribution in [3.63, 3.8) is 0 Å². The van der Waals surface area contributed by atoms with Crippen molar-refractivity contribution in [3.8, 4) is 5.75 Å². The maximum Gasteiger partial charge on any atom is 0.244 e. The van der Waals surface area contributed by atoms with Crippen molar-refractivity contribution in [1.29, 1.82) is 0 Å². The molecule has 1 heterocycles. The van der Waals surface area contributed by atoms with Crippen molar-refractivity contribution in [2.75, 3.05) is 19.0 Å². The summed E-state index contributed by atoms with van der Waals surface area (Å²) in [5, 5.41) is 5.80. The highest BCUT2D eigenvalue weighted by molar-refractivity contribution is 5.92. The van der Waals surface area contributed by atoms with Crippen LogP contribution in [0.3, 0.4) is 0 Å². The second-order valence-corrected chi connectivity index (χ2v) is 7.08. The molecular formula is C22H26N4O3. The molecule has 0 saturated carbocycles. The molecule has 0 radical (unpaired) electrons. The third-order valence-electron chi connectivity index (χ3n) is 4.56. The molecule has 2 N–H and O–H groups in total. The van der Waals surface area contributed by atoms with Crippen LogP contribution in [-0.2, 0) is 22.6 Å². The van der Waals surface area contributed by atoms with E-state index in [4.69, 9.17) is 4.74 Å². The molecule has 3 aromatic rings. The molecule has 29 heavy (non-hydrogen) atoms. The number of rotatable bonds is 8. The van der Waals surface area contributed by atoms with Gasteiger partial charge in [0.25, 0.3) is 0 Å². The number of carbonyl (C=O) groups excluding carboxylic acids is 2. The average Bonchev–Trinajstić information content (AvgIpc) is 3.05. The van der Waals surface area contributed by atoms with Crippen LogP contribution >= 0.6 is 0 Å². The van der Waals surface area contributed by atoms with Crippen molar-refractivity contribution < 1.29 is 14.3 Å². The van der Waals surface area contributed by atoms with Crippen LogP contribution in [0.15, 0.2) is 48.5 Å². The Bertz CT molecular complexity index is 1010. The summed E-state index contributed by atoms with van der Waals surface area (Å²) in [6.07, 6.45) is 0.541. The number of para-hydroxylation sites is 2. The summed E-state index contributed by atoms with van der Waals surface area (Å²) in [6, 6.07) is 14.9. The van der Waals surface area contributed by atoms with Gasteiger partial charge in [0, 0.05) is 30.6 Å². The number of aromatic nitrogens is 2. The van der Waals surface area contributed by atoms with Crippen molar-refractivity contribution in [2.45, 2.75) is 26.8 Å². The van der Waals surface area contributed by atoms with E-state index in [1.165, 1.54) is 0 Å². The van der Waals surface area contributed by atoms with E-state index in [0.717, 1.165) is 16.9 Å². The van der Waals surface area contributed by atoms with Crippen molar-refractivity contribution in [1.82, 2.24) is 14.9 Å². The zero-order valence-electron chi connectivity index (χ0n) is 16.9. The minimum absolute atomic E-state index is 0.00318. The lowest BCUT2D eigenvalue weighted by Crippen LogP contribution is -2.30. The Morgan fingerprint density at radius 1 is 1.14 bits per heavy atom. The van der Waals surface area contributed by atoms with E-state index < -0.39 is 0 Å². The van der Waals surface area contributed by atoms with Gasteiger partial charge in [-0.3, -0.25) is 9.59 Å². The summed E-state index contributed by atoms with van der Waals surface area (Å²) < 4.78 is 7.09. The van der Waals surface area contributed by atoms with Crippen LogP contribution in [-0.4, -0.2) is 35.0 Å². The lowest BCUT2D eigenvalue weighted by molar-refractivity contribution is -0.124. The van der Waals surface area contributed by atoms with Crippen LogP contribution in [0.1, 0.15) is 19.7 Å². The fourth-order valence-electron chi connectivity index (χ4n) is 3.04. The molecule has 7 nitrogen and oxygen atoms in total. The largest absolute Gasteiger partial charge is 0.497 e. The van der Waals surface area contributed by atoms with E-state index >= 15 is 0 Å². The molecule has 0 aliphatic heterocycles. The fraction of sp³-hybridized carbons (Fsp3) is 0.318. The maximum absolute atomic E-state index is 12.7. The molecule has 0 unspecified atom stereocenters. The number of benzene rings is 2. The third kappa shape index (κ3) is 5.13. The number of methoxy groups -OCH3 is 1. The number of hydrogen-bond acceptors (Lipinski definition) is 4. The van der Waals surface area contributed by atoms with Crippen LogP contribution in [0.2, 0.25) is 0 Å². The van der Waals surface area contributed by atoms with Crippen LogP contribution in [0, 0.1) is 5.92 Å². The number of fused-ring (bicyclic) bond motifs is 1. The van der Waals surface area contributed by atoms with E-state index in [1.54, 1.807) is 13.2 Å². The summed E-state index contributed by atoms with van der Waals surface area (Å²) in [7, 11) is 1.59. The Labute approximate surface area is 170 Å². The van der Waals surface area contributed by atoms with Gasteiger partial charge < -0.3 is 19.9 Å². The minimum atomic E-state index is -0.158. The Hall–Kier alpha value is -3.35. The monoisotopic (exact) mass is 394 g/mol. The second kappa shape index (κ2) is 9.23. The number of imidazole rings is 1. The van der Waals surface area contributed by atoms with Crippen LogP contribution in [0.5, 0.6) is 5.75 Å². The molecule has 2 amide bonds. The topological polar surface area (TPSA) is 85.2 Å². The van der Waals surface area contributed by atoms with Gasteiger partial charge in [-0.1, -0.05) is 32.0 Å². The Kier molecular flexibility index (Phi) is 6.49. The molecular weight excluding hydrogens is 368 g/mol.